The summed E-state index contributed by atoms with van der Waals surface area (Å²) in [5.41, 5.74) is 0.901. The summed E-state index contributed by atoms with van der Waals surface area (Å²) in [7, 11) is -4.08. The molecule has 1 rings (SSSR count). The molecule has 0 aliphatic carbocycles. The minimum absolute atomic E-state index is 0.0485. The van der Waals surface area contributed by atoms with Gasteiger partial charge in [-0.3, -0.25) is 4.55 Å². The first-order valence-electron chi connectivity index (χ1n) is 4.19. The molecule has 0 heterocycles. The molecule has 0 amide bonds. The molecule has 0 unspecified atom stereocenters. The molecule has 0 radical (unpaired) electrons. The van der Waals surface area contributed by atoms with Crippen molar-refractivity contribution in [2.45, 2.75) is 19.1 Å². The van der Waals surface area contributed by atoms with Crippen LogP contribution in [-0.4, -0.2) is 18.1 Å². The molecule has 14 heavy (non-hydrogen) atoms. The zero-order valence-electron chi connectivity index (χ0n) is 7.77. The number of para-hydroxylation sites is 1. The van der Waals surface area contributed by atoms with Crippen LogP contribution in [0.25, 0.3) is 0 Å². The number of rotatable bonds is 3. The molecule has 1 aromatic rings. The van der Waals surface area contributed by atoms with Gasteiger partial charge in [-0.1, -0.05) is 25.1 Å². The van der Waals surface area contributed by atoms with Gasteiger partial charge in [0.05, 0.1) is 0 Å². The molecule has 0 fully saturated rings. The summed E-state index contributed by atoms with van der Waals surface area (Å²) in [6.07, 6.45) is 0.616. The lowest BCUT2D eigenvalue weighted by atomic mass is 10.1. The molecule has 0 bridgehead atoms. The third kappa shape index (κ3) is 2.71. The Hall–Kier alpha value is -1.07. The van der Waals surface area contributed by atoms with Crippen molar-refractivity contribution in [2.24, 2.45) is 0 Å². The predicted molar refractivity (Wildman–Crippen MR) is 52.7 cm³/mol. The Bertz CT molecular complexity index is 422. The van der Waals surface area contributed by atoms with Crippen LogP contribution in [0.15, 0.2) is 18.2 Å². The highest BCUT2D eigenvalue weighted by molar-refractivity contribution is 7.85. The summed E-state index contributed by atoms with van der Waals surface area (Å²) in [6, 6.07) is 4.84. The van der Waals surface area contributed by atoms with Gasteiger partial charge in [0.15, 0.2) is 0 Å². The Morgan fingerprint density at radius 2 is 1.86 bits per heavy atom. The highest BCUT2D eigenvalue weighted by Crippen LogP contribution is 2.24. The highest BCUT2D eigenvalue weighted by Gasteiger charge is 2.12. The fourth-order valence-corrected chi connectivity index (χ4v) is 1.87. The summed E-state index contributed by atoms with van der Waals surface area (Å²) < 4.78 is 29.8. The van der Waals surface area contributed by atoms with Gasteiger partial charge >= 0.3 is 0 Å². The Morgan fingerprint density at radius 3 is 2.36 bits per heavy atom. The van der Waals surface area contributed by atoms with Crippen LogP contribution in [0.3, 0.4) is 0 Å². The molecule has 78 valence electrons. The van der Waals surface area contributed by atoms with E-state index in [1.54, 1.807) is 12.1 Å². The van der Waals surface area contributed by atoms with Crippen LogP contribution in [-0.2, 0) is 22.3 Å². The van der Waals surface area contributed by atoms with Gasteiger partial charge in [0.1, 0.15) is 11.5 Å². The normalized spacial score (nSPS) is 11.6. The Kier molecular flexibility index (Phi) is 3.13. The molecule has 1 aromatic carbocycles. The van der Waals surface area contributed by atoms with E-state index in [2.05, 4.69) is 0 Å². The number of aryl methyl sites for hydroxylation is 1. The Balaban J connectivity index is 3.10. The largest absolute Gasteiger partial charge is 0.507 e. The summed E-state index contributed by atoms with van der Waals surface area (Å²) in [5, 5.41) is 9.58. The maximum Gasteiger partial charge on any atom is 0.269 e. The van der Waals surface area contributed by atoms with Crippen LogP contribution < -0.4 is 0 Å². The van der Waals surface area contributed by atoms with Gasteiger partial charge in [0, 0.05) is 5.56 Å². The maximum atomic E-state index is 10.6. The van der Waals surface area contributed by atoms with Gasteiger partial charge in [-0.2, -0.15) is 8.42 Å². The van der Waals surface area contributed by atoms with Crippen molar-refractivity contribution in [3.8, 4) is 5.75 Å². The molecule has 0 spiro atoms. The first-order valence-corrected chi connectivity index (χ1v) is 5.80. The third-order valence-corrected chi connectivity index (χ3v) is 2.60. The van der Waals surface area contributed by atoms with Crippen LogP contribution >= 0.6 is 0 Å². The summed E-state index contributed by atoms with van der Waals surface area (Å²) in [5.74, 6) is -0.597. The number of phenolic OH excluding ortho intramolecular Hbond substituents is 1. The molecule has 0 aromatic heterocycles. The van der Waals surface area contributed by atoms with Crippen molar-refractivity contribution in [1.82, 2.24) is 0 Å². The molecular weight excluding hydrogens is 204 g/mol. The summed E-state index contributed by atoms with van der Waals surface area (Å²) in [4.78, 5) is 0. The van der Waals surface area contributed by atoms with E-state index in [0.29, 0.717) is 12.0 Å². The average Bonchev–Trinajstić information content (AvgIpc) is 2.06. The first-order chi connectivity index (χ1) is 6.44. The molecule has 0 saturated carbocycles. The molecule has 5 heteroatoms. The number of aromatic hydroxyl groups is 1. The smallest absolute Gasteiger partial charge is 0.269 e. The molecule has 4 nitrogen and oxygen atoms in total. The lowest BCUT2D eigenvalue weighted by Crippen LogP contribution is -2.02. The van der Waals surface area contributed by atoms with Gasteiger partial charge < -0.3 is 5.11 Å². The fraction of sp³-hybridized carbons (Fsp3) is 0.333. The molecule has 2 N–H and O–H groups in total. The predicted octanol–water partition coefficient (Wildman–Crippen LogP) is 1.34. The van der Waals surface area contributed by atoms with E-state index in [1.807, 2.05) is 6.92 Å². The molecule has 0 saturated heterocycles. The topological polar surface area (TPSA) is 74.6 Å². The van der Waals surface area contributed by atoms with Crippen molar-refractivity contribution < 1.29 is 18.1 Å². The second-order valence-corrected chi connectivity index (χ2v) is 4.46. The van der Waals surface area contributed by atoms with E-state index in [9.17, 15) is 13.5 Å². The van der Waals surface area contributed by atoms with Crippen molar-refractivity contribution in [2.75, 3.05) is 0 Å². The van der Waals surface area contributed by atoms with Crippen LogP contribution in [0.2, 0.25) is 0 Å². The number of phenols is 1. The second kappa shape index (κ2) is 3.98. The van der Waals surface area contributed by atoms with E-state index in [0.717, 1.165) is 0 Å². The van der Waals surface area contributed by atoms with Gasteiger partial charge in [-0.05, 0) is 12.0 Å². The van der Waals surface area contributed by atoms with E-state index < -0.39 is 15.9 Å². The maximum absolute atomic E-state index is 10.6. The second-order valence-electron chi connectivity index (χ2n) is 3.00. The zero-order valence-corrected chi connectivity index (χ0v) is 8.58. The monoisotopic (exact) mass is 216 g/mol. The van der Waals surface area contributed by atoms with Gasteiger partial charge in [-0.15, -0.1) is 0 Å². The van der Waals surface area contributed by atoms with E-state index in [-0.39, 0.29) is 11.3 Å². The minimum atomic E-state index is -4.08. The summed E-state index contributed by atoms with van der Waals surface area (Å²) in [6.45, 7) is 1.85. The Morgan fingerprint density at radius 1 is 1.29 bits per heavy atom. The SMILES string of the molecule is CCc1cccc(CS(=O)(=O)O)c1O. The minimum Gasteiger partial charge on any atom is -0.507 e. The van der Waals surface area contributed by atoms with Crippen LogP contribution in [0.5, 0.6) is 5.75 Å². The molecule has 0 aliphatic rings. The fourth-order valence-electron chi connectivity index (χ4n) is 1.24. The van der Waals surface area contributed by atoms with Crippen LogP contribution in [0.1, 0.15) is 18.1 Å². The number of hydrogen-bond donors (Lipinski definition) is 2. The van der Waals surface area contributed by atoms with Gasteiger partial charge in [-0.25, -0.2) is 0 Å². The number of benzene rings is 1. The number of hydrogen-bond acceptors (Lipinski definition) is 3. The molecular formula is C9H12O4S. The quantitative estimate of drug-likeness (QED) is 0.748. The summed E-state index contributed by atoms with van der Waals surface area (Å²) >= 11 is 0. The average molecular weight is 216 g/mol. The van der Waals surface area contributed by atoms with E-state index in [1.165, 1.54) is 6.07 Å². The van der Waals surface area contributed by atoms with Crippen molar-refractivity contribution in [3.05, 3.63) is 29.3 Å². The van der Waals surface area contributed by atoms with Crippen molar-refractivity contribution in [1.29, 1.82) is 0 Å². The lowest BCUT2D eigenvalue weighted by Gasteiger charge is -2.06. The lowest BCUT2D eigenvalue weighted by molar-refractivity contribution is 0.457. The third-order valence-electron chi connectivity index (χ3n) is 1.92. The van der Waals surface area contributed by atoms with Crippen molar-refractivity contribution >= 4 is 10.1 Å². The van der Waals surface area contributed by atoms with E-state index >= 15 is 0 Å². The van der Waals surface area contributed by atoms with E-state index in [4.69, 9.17) is 4.55 Å². The zero-order chi connectivity index (χ0) is 10.8. The van der Waals surface area contributed by atoms with Crippen LogP contribution in [0.4, 0.5) is 0 Å². The first kappa shape index (κ1) is 11.0. The van der Waals surface area contributed by atoms with Gasteiger partial charge in [0.2, 0.25) is 0 Å². The van der Waals surface area contributed by atoms with Crippen LogP contribution in [0, 0.1) is 0 Å². The Labute approximate surface area is 82.9 Å². The van der Waals surface area contributed by atoms with Gasteiger partial charge in [0.25, 0.3) is 10.1 Å². The molecule has 0 atom stereocenters. The molecule has 0 aliphatic heterocycles. The highest BCUT2D eigenvalue weighted by atomic mass is 32.2. The van der Waals surface area contributed by atoms with Crippen molar-refractivity contribution in [3.63, 3.8) is 0 Å². The standard InChI is InChI=1S/C9H12O4S/c1-2-7-4-3-5-8(9(7)10)6-14(11,12)13/h3-5,10H,2,6H2,1H3,(H,11,12,13).